The summed E-state index contributed by atoms with van der Waals surface area (Å²) in [4.78, 5) is 0. The molecule has 0 spiro atoms. The van der Waals surface area contributed by atoms with E-state index in [1.54, 1.807) is 12.1 Å². The fraction of sp³-hybridized carbons (Fsp3) is 0.471. The van der Waals surface area contributed by atoms with E-state index in [1.807, 2.05) is 46.9 Å². The van der Waals surface area contributed by atoms with Crippen molar-refractivity contribution < 1.29 is 9.31 Å². The van der Waals surface area contributed by atoms with Crippen LogP contribution in [0.4, 0.5) is 0 Å². The molecule has 1 aliphatic heterocycles. The lowest BCUT2D eigenvalue weighted by atomic mass is 9.77. The maximum absolute atomic E-state index is 8.96. The molecule has 2 rings (SSSR count). The molecular formula is C17H22BClN2O2. The van der Waals surface area contributed by atoms with Crippen LogP contribution in [0.25, 0.3) is 6.08 Å². The lowest BCUT2D eigenvalue weighted by Gasteiger charge is -2.32. The predicted octanol–water partition coefficient (Wildman–Crippen LogP) is 3.45. The van der Waals surface area contributed by atoms with Crippen molar-refractivity contribution in [2.24, 2.45) is 0 Å². The third kappa shape index (κ3) is 3.78. The molecule has 1 aromatic rings. The molecule has 0 saturated carbocycles. The van der Waals surface area contributed by atoms with Gasteiger partial charge in [-0.1, -0.05) is 23.7 Å². The highest BCUT2D eigenvalue weighted by molar-refractivity contribution is 6.56. The topological polar surface area (TPSA) is 54.3 Å². The van der Waals surface area contributed by atoms with Crippen molar-refractivity contribution in [3.8, 4) is 6.07 Å². The SMILES string of the molecule is CNCC(=Cc1ccc(C#N)c(Cl)c1)B1OC(C)(C)C(C)(C)O1. The van der Waals surface area contributed by atoms with Gasteiger partial charge in [-0.15, -0.1) is 0 Å². The monoisotopic (exact) mass is 332 g/mol. The fourth-order valence-electron chi connectivity index (χ4n) is 2.33. The zero-order valence-corrected chi connectivity index (χ0v) is 15.0. The molecule has 122 valence electrons. The lowest BCUT2D eigenvalue weighted by Crippen LogP contribution is -2.41. The first-order chi connectivity index (χ1) is 10.7. The zero-order valence-electron chi connectivity index (χ0n) is 14.2. The smallest absolute Gasteiger partial charge is 0.400 e. The van der Waals surface area contributed by atoms with Crippen molar-refractivity contribution in [1.82, 2.24) is 5.32 Å². The van der Waals surface area contributed by atoms with Gasteiger partial charge in [0.1, 0.15) is 6.07 Å². The number of likely N-dealkylation sites (N-methyl/N-ethyl adjacent to an activating group) is 1. The lowest BCUT2D eigenvalue weighted by molar-refractivity contribution is 0.00578. The van der Waals surface area contributed by atoms with E-state index in [4.69, 9.17) is 26.2 Å². The minimum Gasteiger partial charge on any atom is -0.400 e. The zero-order chi connectivity index (χ0) is 17.3. The number of nitrogens with zero attached hydrogens (tertiary/aromatic N) is 1. The molecule has 4 nitrogen and oxygen atoms in total. The molecule has 0 aromatic heterocycles. The van der Waals surface area contributed by atoms with E-state index in [9.17, 15) is 0 Å². The summed E-state index contributed by atoms with van der Waals surface area (Å²) >= 11 is 6.11. The molecule has 0 bridgehead atoms. The second kappa shape index (κ2) is 6.66. The van der Waals surface area contributed by atoms with Crippen molar-refractivity contribution in [3.05, 3.63) is 39.8 Å². The van der Waals surface area contributed by atoms with Crippen LogP contribution in [-0.2, 0) is 9.31 Å². The molecule has 6 heteroatoms. The second-order valence-electron chi connectivity index (χ2n) is 6.69. The predicted molar refractivity (Wildman–Crippen MR) is 94.2 cm³/mol. The van der Waals surface area contributed by atoms with Gasteiger partial charge in [-0.3, -0.25) is 0 Å². The number of benzene rings is 1. The number of rotatable bonds is 4. The van der Waals surface area contributed by atoms with E-state index in [0.717, 1.165) is 11.0 Å². The van der Waals surface area contributed by atoms with E-state index >= 15 is 0 Å². The van der Waals surface area contributed by atoms with Gasteiger partial charge in [-0.05, 0) is 57.9 Å². The quantitative estimate of drug-likeness (QED) is 0.858. The highest BCUT2D eigenvalue weighted by Crippen LogP contribution is 2.38. The van der Waals surface area contributed by atoms with Crippen LogP contribution in [-0.4, -0.2) is 31.9 Å². The molecule has 1 aliphatic rings. The summed E-state index contributed by atoms with van der Waals surface area (Å²) in [5, 5.41) is 12.6. The second-order valence-corrected chi connectivity index (χ2v) is 7.10. The van der Waals surface area contributed by atoms with Gasteiger partial charge in [-0.2, -0.15) is 5.26 Å². The molecule has 0 unspecified atom stereocenters. The Balaban J connectivity index is 2.32. The Morgan fingerprint density at radius 2 is 1.91 bits per heavy atom. The molecule has 0 amide bonds. The first-order valence-corrected chi connectivity index (χ1v) is 7.98. The Bertz CT molecular complexity index is 649. The molecule has 0 aliphatic carbocycles. The van der Waals surface area contributed by atoms with Gasteiger partial charge in [0.2, 0.25) is 0 Å². The fourth-order valence-corrected chi connectivity index (χ4v) is 2.56. The number of nitriles is 1. The third-order valence-electron chi connectivity index (χ3n) is 4.40. The van der Waals surface area contributed by atoms with Crippen molar-refractivity contribution in [2.75, 3.05) is 13.6 Å². The Morgan fingerprint density at radius 3 is 2.39 bits per heavy atom. The molecular weight excluding hydrogens is 310 g/mol. The van der Waals surface area contributed by atoms with Gasteiger partial charge in [0, 0.05) is 6.54 Å². The van der Waals surface area contributed by atoms with Crippen LogP contribution in [0.3, 0.4) is 0 Å². The highest BCUT2D eigenvalue weighted by atomic mass is 35.5. The number of nitrogens with one attached hydrogen (secondary N) is 1. The van der Waals surface area contributed by atoms with E-state index in [1.165, 1.54) is 0 Å². The molecule has 1 fully saturated rings. The van der Waals surface area contributed by atoms with Gasteiger partial charge < -0.3 is 14.6 Å². The van der Waals surface area contributed by atoms with Crippen LogP contribution < -0.4 is 5.32 Å². The molecule has 0 atom stereocenters. The first-order valence-electron chi connectivity index (χ1n) is 7.60. The maximum atomic E-state index is 8.96. The van der Waals surface area contributed by atoms with E-state index in [2.05, 4.69) is 11.4 Å². The minimum atomic E-state index is -0.415. The van der Waals surface area contributed by atoms with Crippen molar-refractivity contribution in [1.29, 1.82) is 5.26 Å². The third-order valence-corrected chi connectivity index (χ3v) is 4.72. The number of halogens is 1. The van der Waals surface area contributed by atoms with Gasteiger partial charge >= 0.3 is 7.12 Å². The van der Waals surface area contributed by atoms with Crippen LogP contribution in [0.1, 0.15) is 38.8 Å². The summed E-state index contributed by atoms with van der Waals surface area (Å²) in [5.74, 6) is 0. The van der Waals surface area contributed by atoms with Gasteiger partial charge in [0.25, 0.3) is 0 Å². The molecule has 1 N–H and O–H groups in total. The molecule has 0 radical (unpaired) electrons. The Hall–Kier alpha value is -1.32. The van der Waals surface area contributed by atoms with E-state index in [-0.39, 0.29) is 11.2 Å². The standard InChI is InChI=1S/C17H22BClN2O2/c1-16(2)17(3,4)23-18(22-16)14(11-21-5)8-12-6-7-13(10-20)15(19)9-12/h6-9,21H,11H2,1-5H3. The molecule has 1 heterocycles. The minimum absolute atomic E-state index is 0.382. The molecule has 23 heavy (non-hydrogen) atoms. The molecule has 1 aromatic carbocycles. The van der Waals surface area contributed by atoms with Crippen LogP contribution in [0.5, 0.6) is 0 Å². The average Bonchev–Trinajstić information content (AvgIpc) is 2.67. The van der Waals surface area contributed by atoms with E-state index < -0.39 is 7.12 Å². The summed E-state index contributed by atoms with van der Waals surface area (Å²) < 4.78 is 12.2. The van der Waals surface area contributed by atoms with Crippen molar-refractivity contribution >= 4 is 24.8 Å². The highest BCUT2D eigenvalue weighted by Gasteiger charge is 2.52. The Labute approximate surface area is 143 Å². The summed E-state index contributed by atoms with van der Waals surface area (Å²) in [6.45, 7) is 8.75. The van der Waals surface area contributed by atoms with Gasteiger partial charge in [-0.25, -0.2) is 0 Å². The van der Waals surface area contributed by atoms with Crippen LogP contribution in [0.2, 0.25) is 5.02 Å². The van der Waals surface area contributed by atoms with Gasteiger partial charge in [0.15, 0.2) is 0 Å². The van der Waals surface area contributed by atoms with E-state index in [0.29, 0.717) is 17.1 Å². The van der Waals surface area contributed by atoms with Crippen LogP contribution in [0.15, 0.2) is 23.7 Å². The number of hydrogen-bond acceptors (Lipinski definition) is 4. The average molecular weight is 333 g/mol. The Morgan fingerprint density at radius 1 is 1.30 bits per heavy atom. The summed E-state index contributed by atoms with van der Waals surface area (Å²) in [6, 6.07) is 7.43. The van der Waals surface area contributed by atoms with Crippen LogP contribution >= 0.6 is 11.6 Å². The normalized spacial score (nSPS) is 19.7. The summed E-state index contributed by atoms with van der Waals surface area (Å²) in [6.07, 6.45) is 1.99. The maximum Gasteiger partial charge on any atom is 0.491 e. The van der Waals surface area contributed by atoms with Crippen molar-refractivity contribution in [3.63, 3.8) is 0 Å². The molecule has 1 saturated heterocycles. The largest absolute Gasteiger partial charge is 0.491 e. The number of hydrogen-bond donors (Lipinski definition) is 1. The first kappa shape index (κ1) is 18.0. The van der Waals surface area contributed by atoms with Crippen LogP contribution in [0, 0.1) is 11.3 Å². The Kier molecular flexibility index (Phi) is 5.22. The van der Waals surface area contributed by atoms with Crippen molar-refractivity contribution in [2.45, 2.75) is 38.9 Å². The van der Waals surface area contributed by atoms with Gasteiger partial charge in [0.05, 0.1) is 21.8 Å². The summed E-state index contributed by atoms with van der Waals surface area (Å²) in [5.41, 5.74) is 1.59. The summed E-state index contributed by atoms with van der Waals surface area (Å²) in [7, 11) is 1.46.